The van der Waals surface area contributed by atoms with Crippen molar-refractivity contribution in [1.82, 2.24) is 0 Å². The highest BCUT2D eigenvalue weighted by molar-refractivity contribution is 6.19. The average Bonchev–Trinajstić information content (AvgIpc) is 1.38. The first-order valence-electron chi connectivity index (χ1n) is 0.952. The third kappa shape index (κ3) is 9.90. The molecule has 0 radical (unpaired) electrons. The molecule has 0 aliphatic heterocycles. The number of aliphatic carboxylic acids is 1. The second kappa shape index (κ2) is 4.43. The number of hydrogen-bond donors (Lipinski definition) is 1. The molecular formula is C2H3ClO3. The van der Waals surface area contributed by atoms with E-state index in [4.69, 9.17) is 14.7 Å². The molecule has 0 saturated heterocycles. The Labute approximate surface area is 40.4 Å². The third-order valence-corrected chi connectivity index (χ3v) is 0.101. The Balaban J connectivity index is 0. The molecule has 0 aliphatic rings. The summed E-state index contributed by atoms with van der Waals surface area (Å²) < 4.78 is 0. The summed E-state index contributed by atoms with van der Waals surface area (Å²) in [6.45, 7) is 0. The summed E-state index contributed by atoms with van der Waals surface area (Å²) in [5.74, 6) is -1.43. The lowest BCUT2D eigenvalue weighted by molar-refractivity contribution is -0.143. The molecule has 36 valence electrons. The van der Waals surface area contributed by atoms with Crippen LogP contribution in [0.2, 0.25) is 0 Å². The van der Waals surface area contributed by atoms with Crippen molar-refractivity contribution < 1.29 is 14.7 Å². The molecule has 6 heavy (non-hydrogen) atoms. The first-order valence-corrected chi connectivity index (χ1v) is 0.952. The van der Waals surface area contributed by atoms with Crippen LogP contribution in [0.4, 0.5) is 0 Å². The van der Waals surface area contributed by atoms with Crippen LogP contribution in [-0.4, -0.2) is 17.4 Å². The fourth-order valence-corrected chi connectivity index (χ4v) is 0. The Bertz CT molecular complexity index is 59.8. The topological polar surface area (TPSA) is 54.4 Å². The summed E-state index contributed by atoms with van der Waals surface area (Å²) in [7, 11) is 0. The standard InChI is InChI=1S/C2H2O3.ClH/c3-1-2(4)5;/h1H,(H,4,5);1H. The van der Waals surface area contributed by atoms with E-state index in [2.05, 4.69) is 0 Å². The molecule has 0 saturated carbocycles. The summed E-state index contributed by atoms with van der Waals surface area (Å²) in [6.07, 6.45) is -0.167. The fourth-order valence-electron chi connectivity index (χ4n) is 0. The smallest absolute Gasteiger partial charge is 0.368 e. The molecule has 3 nitrogen and oxygen atoms in total. The van der Waals surface area contributed by atoms with Crippen LogP contribution in [0.15, 0.2) is 0 Å². The highest BCUT2D eigenvalue weighted by atomic mass is 35.5. The Kier molecular flexibility index (Phi) is 6.69. The molecule has 0 atom stereocenters. The summed E-state index contributed by atoms with van der Waals surface area (Å²) in [5, 5.41) is 7.35. The lowest BCUT2D eigenvalue weighted by atomic mass is 10.8. The summed E-state index contributed by atoms with van der Waals surface area (Å²) in [4.78, 5) is 17.9. The van der Waals surface area contributed by atoms with Gasteiger partial charge in [-0.1, -0.05) is 0 Å². The molecule has 0 aromatic rings. The Morgan fingerprint density at radius 1 is 1.67 bits per heavy atom. The minimum absolute atomic E-state index is 0. The summed E-state index contributed by atoms with van der Waals surface area (Å²) in [6, 6.07) is 0. The minimum Gasteiger partial charge on any atom is -0.476 e. The molecule has 0 bridgehead atoms. The first-order chi connectivity index (χ1) is 2.27. The average molecular weight is 110 g/mol. The van der Waals surface area contributed by atoms with Gasteiger partial charge in [0.25, 0.3) is 0 Å². The summed E-state index contributed by atoms with van der Waals surface area (Å²) in [5.41, 5.74) is 0. The first kappa shape index (κ1) is 9.06. The van der Waals surface area contributed by atoms with E-state index in [1.807, 2.05) is 0 Å². The van der Waals surface area contributed by atoms with Gasteiger partial charge in [-0.3, -0.25) is 4.79 Å². The lowest BCUT2D eigenvalue weighted by Crippen LogP contribution is -1.91. The van der Waals surface area contributed by atoms with Crippen LogP contribution in [0.5, 0.6) is 0 Å². The zero-order valence-corrected chi connectivity index (χ0v) is 3.57. The van der Waals surface area contributed by atoms with Crippen LogP contribution in [0.3, 0.4) is 0 Å². The Hall–Kier alpha value is -0.570. The van der Waals surface area contributed by atoms with Gasteiger partial charge in [-0.05, 0) is 0 Å². The maximum atomic E-state index is 9.00. The molecule has 0 heterocycles. The zero-order chi connectivity index (χ0) is 4.28. The van der Waals surface area contributed by atoms with Crippen molar-refractivity contribution in [2.24, 2.45) is 0 Å². The number of halogens is 1. The largest absolute Gasteiger partial charge is 0.476 e. The van der Waals surface area contributed by atoms with Gasteiger partial charge in [0.05, 0.1) is 0 Å². The normalized spacial score (nSPS) is 5.33. The number of carboxylic acids is 1. The van der Waals surface area contributed by atoms with E-state index in [9.17, 15) is 0 Å². The van der Waals surface area contributed by atoms with Gasteiger partial charge in [0.1, 0.15) is 0 Å². The van der Waals surface area contributed by atoms with Crippen molar-refractivity contribution in [3.8, 4) is 0 Å². The van der Waals surface area contributed by atoms with Crippen molar-refractivity contribution in [3.05, 3.63) is 0 Å². The quantitative estimate of drug-likeness (QED) is 0.372. The van der Waals surface area contributed by atoms with Gasteiger partial charge in [-0.25, -0.2) is 4.79 Å². The molecule has 0 amide bonds. The Morgan fingerprint density at radius 3 is 1.83 bits per heavy atom. The Morgan fingerprint density at radius 2 is 1.83 bits per heavy atom. The number of carbonyl (C=O) groups excluding carboxylic acids is 1. The van der Waals surface area contributed by atoms with Crippen LogP contribution < -0.4 is 0 Å². The molecule has 0 fully saturated rings. The molecular weight excluding hydrogens is 107 g/mol. The molecule has 4 heteroatoms. The van der Waals surface area contributed by atoms with Crippen LogP contribution in [0, 0.1) is 0 Å². The molecule has 1 N–H and O–H groups in total. The number of carboxylic acid groups (broad SMARTS) is 1. The van der Waals surface area contributed by atoms with E-state index >= 15 is 0 Å². The van der Waals surface area contributed by atoms with Crippen molar-refractivity contribution in [3.63, 3.8) is 0 Å². The molecule has 0 aromatic carbocycles. The van der Waals surface area contributed by atoms with Crippen LogP contribution in [0.1, 0.15) is 0 Å². The van der Waals surface area contributed by atoms with Gasteiger partial charge < -0.3 is 5.11 Å². The predicted octanol–water partition coefficient (Wildman–Crippen LogP) is -0.308. The van der Waals surface area contributed by atoms with Crippen molar-refractivity contribution in [2.75, 3.05) is 0 Å². The lowest BCUT2D eigenvalue weighted by Gasteiger charge is -1.59. The monoisotopic (exact) mass is 110 g/mol. The van der Waals surface area contributed by atoms with Gasteiger partial charge in [0, 0.05) is 0 Å². The van der Waals surface area contributed by atoms with E-state index in [-0.39, 0.29) is 18.7 Å². The van der Waals surface area contributed by atoms with Gasteiger partial charge in [-0.15, -0.1) is 12.4 Å². The molecule has 0 aliphatic carbocycles. The predicted molar refractivity (Wildman–Crippen MR) is 20.9 cm³/mol. The molecule has 0 aromatic heterocycles. The highest BCUT2D eigenvalue weighted by Gasteiger charge is 1.80. The van der Waals surface area contributed by atoms with Crippen LogP contribution in [0.25, 0.3) is 0 Å². The number of hydrogen-bond acceptors (Lipinski definition) is 2. The van der Waals surface area contributed by atoms with Crippen LogP contribution in [-0.2, 0) is 9.59 Å². The second-order valence-corrected chi connectivity index (χ2v) is 0.456. The minimum atomic E-state index is -1.43. The van der Waals surface area contributed by atoms with Gasteiger partial charge in [0.2, 0.25) is 6.29 Å². The number of rotatable bonds is 1. The maximum absolute atomic E-state index is 9.00. The van der Waals surface area contributed by atoms with E-state index in [1.165, 1.54) is 0 Å². The summed E-state index contributed by atoms with van der Waals surface area (Å²) >= 11 is 0. The second-order valence-electron chi connectivity index (χ2n) is 0.456. The van der Waals surface area contributed by atoms with E-state index in [0.717, 1.165) is 0 Å². The maximum Gasteiger partial charge on any atom is 0.368 e. The van der Waals surface area contributed by atoms with Gasteiger partial charge in [-0.2, -0.15) is 0 Å². The highest BCUT2D eigenvalue weighted by Crippen LogP contribution is 1.39. The van der Waals surface area contributed by atoms with E-state index in [0.29, 0.717) is 0 Å². The zero-order valence-electron chi connectivity index (χ0n) is 2.75. The molecule has 0 unspecified atom stereocenters. The number of carbonyl (C=O) groups is 2. The fraction of sp³-hybridized carbons (Fsp3) is 0. The van der Waals surface area contributed by atoms with Crippen molar-refractivity contribution >= 4 is 24.7 Å². The third-order valence-electron chi connectivity index (χ3n) is 0.101. The van der Waals surface area contributed by atoms with Gasteiger partial charge >= 0.3 is 5.97 Å². The SMILES string of the molecule is Cl.O=CC(=O)O. The van der Waals surface area contributed by atoms with Crippen molar-refractivity contribution in [1.29, 1.82) is 0 Å². The van der Waals surface area contributed by atoms with E-state index < -0.39 is 5.97 Å². The molecule has 0 rings (SSSR count). The van der Waals surface area contributed by atoms with Crippen molar-refractivity contribution in [2.45, 2.75) is 0 Å². The number of aldehydes is 1. The van der Waals surface area contributed by atoms with Gasteiger partial charge in [0.15, 0.2) is 0 Å². The van der Waals surface area contributed by atoms with Crippen LogP contribution >= 0.6 is 12.4 Å². The van der Waals surface area contributed by atoms with E-state index in [1.54, 1.807) is 0 Å². The molecule has 0 spiro atoms.